The predicted octanol–water partition coefficient (Wildman–Crippen LogP) is 31.1. The Hall–Kier alpha value is -18.2. The highest BCUT2D eigenvalue weighted by Gasteiger charge is 2.46. The molecule has 0 unspecified atom stereocenters. The van der Waals surface area contributed by atoms with Gasteiger partial charge in [-0.25, -0.2) is 29.9 Å². The van der Waals surface area contributed by atoms with Crippen LogP contribution in [0.4, 0.5) is 0 Å². The minimum Gasteiger partial charge on any atom is -0.456 e. The number of pyridine rings is 2. The largest absolute Gasteiger partial charge is 0.456 e. The van der Waals surface area contributed by atoms with Crippen molar-refractivity contribution in [1.82, 2.24) is 53.1 Å². The zero-order valence-corrected chi connectivity index (χ0v) is 74.3. The SMILES string of the molecule is c1ccc(C2(c3ccccc3)c3ccccc3-c3ccc(-c4cn5c(-c6ccc7ccccc7c6)cnc5c(-c5ccncc5)n4)cc32)cc1.c1ccc2cc(-c3nc(-c4ccc5c(c4)oc4ccccc45)cn4c(-c5ccc6ccccc6c5)cnc34)ccc2c1.c1cnc2c(-c3cnc4c(-c5ccc6c(c5)sc5ccccc56)nc(-c5ccc6c(c5)oc5ccccc56)cn34)cccc2c1. The molecule has 0 atom stereocenters. The number of benzene rings is 17. The molecular weight excluding hydrogens is 1700 g/mol. The molecule has 0 saturated carbocycles. The van der Waals surface area contributed by atoms with Crippen molar-refractivity contribution in [2.45, 2.75) is 5.41 Å². The van der Waals surface area contributed by atoms with E-state index in [2.05, 4.69) is 383 Å². The van der Waals surface area contributed by atoms with E-state index in [9.17, 15) is 0 Å². The van der Waals surface area contributed by atoms with E-state index in [0.717, 1.165) is 173 Å². The van der Waals surface area contributed by atoms with E-state index < -0.39 is 5.41 Å². The third kappa shape index (κ3) is 13.2. The van der Waals surface area contributed by atoms with Crippen LogP contribution < -0.4 is 0 Å². The second-order valence-corrected chi connectivity index (χ2v) is 36.0. The molecule has 13 nitrogen and oxygen atoms in total. The van der Waals surface area contributed by atoms with E-state index in [4.69, 9.17) is 43.7 Å². The number of furan rings is 2. The lowest BCUT2D eigenvalue weighted by Crippen LogP contribution is -2.28. The molecule has 0 saturated heterocycles. The van der Waals surface area contributed by atoms with Gasteiger partial charge in [-0.1, -0.05) is 309 Å². The Morgan fingerprint density at radius 1 is 0.241 bits per heavy atom. The lowest BCUT2D eigenvalue weighted by Gasteiger charge is -2.34. The standard InChI is InChI=1S/C46H30N4.C39H22N4OS.C38H23N3O/c1-3-13-36(14-4-1)46(37-15-5-2-6-16-37)40-18-10-9-17-38(40)39-22-21-34(28-41(39)46)42-30-50-43(35-20-19-31-11-7-8-12-33(31)27-35)29-48-45(50)44(49-42)32-23-25-47-26-24-32;1-3-12-33-26(9-1)27-16-14-24(19-34(27)44-33)31-22-43-32(30-11-5-7-23-8-6-18-40-37(23)30)21-41-39(43)38(42-31)25-15-17-29-28-10-2-4-13-35(28)45-36(29)20-25;1-3-9-26-19-29(15-13-24(26)7-1)34-22-39-38-37(30-16-14-25-8-2-4-10-27(25)20-30)40-33(23-41(34)38)28-17-18-32-31-11-5-6-12-35(31)42-36(32)21-28/h1-30H;1-22H;1-23H. The molecule has 0 amide bonds. The van der Waals surface area contributed by atoms with Crippen molar-refractivity contribution in [3.05, 3.63) is 478 Å². The van der Waals surface area contributed by atoms with E-state index in [-0.39, 0.29) is 0 Å². The summed E-state index contributed by atoms with van der Waals surface area (Å²) in [5.41, 5.74) is 31.2. The van der Waals surface area contributed by atoms with Crippen LogP contribution in [-0.2, 0) is 5.41 Å². The number of hydrogen-bond donors (Lipinski definition) is 0. The summed E-state index contributed by atoms with van der Waals surface area (Å²) in [6.07, 6.45) is 17.7. The normalized spacial score (nSPS) is 12.3. The highest BCUT2D eigenvalue weighted by molar-refractivity contribution is 7.25. The van der Waals surface area contributed by atoms with Crippen LogP contribution in [0.3, 0.4) is 0 Å². The van der Waals surface area contributed by atoms with Gasteiger partial charge in [0.2, 0.25) is 0 Å². The van der Waals surface area contributed by atoms with Gasteiger partial charge in [0.25, 0.3) is 0 Å². The van der Waals surface area contributed by atoms with Crippen LogP contribution in [-0.4, -0.2) is 53.1 Å². The number of hydrogen-bond acceptors (Lipinski definition) is 11. The van der Waals surface area contributed by atoms with Crippen LogP contribution in [0.25, 0.3) is 237 Å². The molecule has 0 spiro atoms. The predicted molar refractivity (Wildman–Crippen MR) is 558 cm³/mol. The summed E-state index contributed by atoms with van der Waals surface area (Å²) in [5, 5.41) is 15.2. The van der Waals surface area contributed by atoms with Gasteiger partial charge >= 0.3 is 0 Å². The topological polar surface area (TPSA) is 143 Å². The molecule has 11 aromatic heterocycles. The van der Waals surface area contributed by atoms with E-state index in [1.807, 2.05) is 103 Å². The van der Waals surface area contributed by atoms with Crippen LogP contribution in [0.5, 0.6) is 0 Å². The molecule has 17 aromatic carbocycles. The molecule has 0 bridgehead atoms. The molecule has 14 heteroatoms. The average Bonchev–Trinajstić information content (AvgIpc) is 1.54. The third-order valence-electron chi connectivity index (χ3n) is 27.2. The molecular formula is C123H75N11O2S. The quantitative estimate of drug-likeness (QED) is 0.123. The summed E-state index contributed by atoms with van der Waals surface area (Å²) >= 11 is 1.81. The lowest BCUT2D eigenvalue weighted by molar-refractivity contribution is 0.668. The fraction of sp³-hybridized carbons (Fsp3) is 0.00813. The molecule has 0 radical (unpaired) electrons. The maximum atomic E-state index is 6.27. The van der Waals surface area contributed by atoms with Crippen LogP contribution in [0.2, 0.25) is 0 Å². The van der Waals surface area contributed by atoms with Gasteiger partial charge in [0.05, 0.1) is 63.7 Å². The van der Waals surface area contributed by atoms with Crippen molar-refractivity contribution in [2.75, 3.05) is 0 Å². The van der Waals surface area contributed by atoms with Crippen molar-refractivity contribution in [2.24, 2.45) is 0 Å². The zero-order chi connectivity index (χ0) is 90.2. The molecule has 137 heavy (non-hydrogen) atoms. The zero-order valence-electron chi connectivity index (χ0n) is 73.4. The Bertz CT molecular complexity index is 9690. The van der Waals surface area contributed by atoms with E-state index >= 15 is 0 Å². The highest BCUT2D eigenvalue weighted by atomic mass is 32.1. The number of fused-ring (bicyclic) bond motifs is 19. The van der Waals surface area contributed by atoms with Crippen LogP contribution >= 0.6 is 11.3 Å². The first-order chi connectivity index (χ1) is 67.8. The third-order valence-corrected chi connectivity index (χ3v) is 28.3. The monoisotopic (exact) mass is 1770 g/mol. The molecule has 28 aromatic rings. The second-order valence-electron chi connectivity index (χ2n) is 35.0. The highest BCUT2D eigenvalue weighted by Crippen LogP contribution is 2.57. The fourth-order valence-electron chi connectivity index (χ4n) is 20.7. The van der Waals surface area contributed by atoms with Crippen LogP contribution in [0, 0.1) is 0 Å². The minimum atomic E-state index is -0.492. The van der Waals surface area contributed by atoms with E-state index in [1.54, 1.807) is 0 Å². The molecule has 29 rings (SSSR count). The van der Waals surface area contributed by atoms with Gasteiger partial charge in [0.1, 0.15) is 39.4 Å². The lowest BCUT2D eigenvalue weighted by atomic mass is 9.67. The molecule has 1 aliphatic carbocycles. The number of imidazole rings is 3. The van der Waals surface area contributed by atoms with Gasteiger partial charge in [-0.2, -0.15) is 0 Å². The Labute approximate surface area is 788 Å². The van der Waals surface area contributed by atoms with Crippen molar-refractivity contribution in [1.29, 1.82) is 0 Å². The smallest absolute Gasteiger partial charge is 0.164 e. The van der Waals surface area contributed by atoms with Gasteiger partial charge < -0.3 is 8.83 Å². The number of nitrogens with zero attached hydrogens (tertiary/aromatic N) is 11. The van der Waals surface area contributed by atoms with Gasteiger partial charge in [-0.3, -0.25) is 23.2 Å². The fourth-order valence-corrected chi connectivity index (χ4v) is 21.8. The van der Waals surface area contributed by atoms with Gasteiger partial charge in [0, 0.05) is 134 Å². The number of rotatable bonds is 11. The van der Waals surface area contributed by atoms with Gasteiger partial charge in [-0.05, 0) is 157 Å². The van der Waals surface area contributed by atoms with Crippen molar-refractivity contribution < 1.29 is 8.83 Å². The minimum absolute atomic E-state index is 0.492. The number of para-hydroxylation sites is 3. The van der Waals surface area contributed by atoms with E-state index in [1.165, 1.54) is 85.9 Å². The number of thiophene rings is 1. The van der Waals surface area contributed by atoms with Crippen molar-refractivity contribution in [3.63, 3.8) is 0 Å². The first-order valence-corrected chi connectivity index (χ1v) is 46.6. The molecule has 0 N–H and O–H groups in total. The summed E-state index contributed by atoms with van der Waals surface area (Å²) < 4.78 is 21.6. The average molecular weight is 1770 g/mol. The first kappa shape index (κ1) is 78.6. The Balaban J connectivity index is 0.000000104. The van der Waals surface area contributed by atoms with Crippen LogP contribution in [0.1, 0.15) is 22.3 Å². The first-order valence-electron chi connectivity index (χ1n) is 45.8. The Morgan fingerprint density at radius 2 is 0.650 bits per heavy atom. The summed E-state index contributed by atoms with van der Waals surface area (Å²) in [6, 6.07) is 141. The summed E-state index contributed by atoms with van der Waals surface area (Å²) in [6.45, 7) is 0. The maximum Gasteiger partial charge on any atom is 0.164 e. The molecule has 0 aliphatic heterocycles. The molecule has 640 valence electrons. The summed E-state index contributed by atoms with van der Waals surface area (Å²) in [4.78, 5) is 39.8. The second kappa shape index (κ2) is 32.1. The molecule has 1 aliphatic rings. The maximum absolute atomic E-state index is 6.27. The molecule has 11 heterocycles. The van der Waals surface area contributed by atoms with Gasteiger partial charge in [-0.15, -0.1) is 11.3 Å². The van der Waals surface area contributed by atoms with Crippen molar-refractivity contribution in [3.8, 4) is 112 Å². The Morgan fingerprint density at radius 3 is 1.24 bits per heavy atom. The van der Waals surface area contributed by atoms with Crippen LogP contribution in [0.15, 0.2) is 465 Å². The summed E-state index contributed by atoms with van der Waals surface area (Å²) in [5.74, 6) is 0. The van der Waals surface area contributed by atoms with E-state index in [0.29, 0.717) is 0 Å². The van der Waals surface area contributed by atoms with Crippen molar-refractivity contribution >= 4 is 136 Å². The molecule has 0 fully saturated rings. The van der Waals surface area contributed by atoms with Gasteiger partial charge in [0.15, 0.2) is 16.9 Å². The number of aromatic nitrogens is 11. The summed E-state index contributed by atoms with van der Waals surface area (Å²) in [7, 11) is 0. The Kier molecular flexibility index (Phi) is 18.4.